The minimum Gasteiger partial charge on any atom is -0.496 e. The highest BCUT2D eigenvalue weighted by atomic mass is 32.1. The molecular formula is C14H12N4O3S. The molecule has 0 atom stereocenters. The number of nitrogens with zero attached hydrogens (tertiary/aromatic N) is 2. The van der Waals surface area contributed by atoms with Gasteiger partial charge in [0.2, 0.25) is 0 Å². The summed E-state index contributed by atoms with van der Waals surface area (Å²) in [6, 6.07) is 8.50. The standard InChI is InChI=1S/C14H12N4O3S/c1-20-10-7-8(15)4-5-9(10)12(19)16-14-18-17-13(21-14)11-3-2-6-22-11/h2-7H,15H2,1H3,(H,16,18,19). The summed E-state index contributed by atoms with van der Waals surface area (Å²) < 4.78 is 10.6. The average Bonchev–Trinajstić information content (AvgIpc) is 3.17. The SMILES string of the molecule is COc1cc(N)ccc1C(=O)Nc1nnc(-c2cccs2)o1. The van der Waals surface area contributed by atoms with Crippen LogP contribution in [-0.2, 0) is 0 Å². The summed E-state index contributed by atoms with van der Waals surface area (Å²) in [5.41, 5.74) is 6.49. The largest absolute Gasteiger partial charge is 0.496 e. The number of amides is 1. The van der Waals surface area contributed by atoms with Crippen LogP contribution in [0.5, 0.6) is 5.75 Å². The Labute approximate surface area is 129 Å². The van der Waals surface area contributed by atoms with Crippen LogP contribution in [0, 0.1) is 0 Å². The number of nitrogens with one attached hydrogen (secondary N) is 1. The highest BCUT2D eigenvalue weighted by molar-refractivity contribution is 7.13. The predicted molar refractivity (Wildman–Crippen MR) is 83.0 cm³/mol. The number of hydrogen-bond donors (Lipinski definition) is 2. The smallest absolute Gasteiger partial charge is 0.322 e. The first-order chi connectivity index (χ1) is 10.7. The van der Waals surface area contributed by atoms with E-state index in [1.807, 2.05) is 17.5 Å². The maximum Gasteiger partial charge on any atom is 0.322 e. The molecule has 22 heavy (non-hydrogen) atoms. The Bertz CT molecular complexity index is 798. The lowest BCUT2D eigenvalue weighted by atomic mass is 10.1. The molecule has 0 saturated carbocycles. The second-order valence-electron chi connectivity index (χ2n) is 4.30. The number of nitrogen functional groups attached to an aromatic ring is 1. The van der Waals surface area contributed by atoms with Crippen molar-refractivity contribution in [2.75, 3.05) is 18.2 Å². The molecule has 2 heterocycles. The van der Waals surface area contributed by atoms with Crippen molar-refractivity contribution in [3.63, 3.8) is 0 Å². The van der Waals surface area contributed by atoms with Gasteiger partial charge < -0.3 is 14.9 Å². The van der Waals surface area contributed by atoms with Crippen LogP contribution in [0.3, 0.4) is 0 Å². The van der Waals surface area contributed by atoms with Gasteiger partial charge in [-0.2, -0.15) is 0 Å². The van der Waals surface area contributed by atoms with E-state index in [2.05, 4.69) is 15.5 Å². The molecule has 3 N–H and O–H groups in total. The van der Waals surface area contributed by atoms with Gasteiger partial charge in [0, 0.05) is 11.8 Å². The van der Waals surface area contributed by atoms with Crippen LogP contribution in [0.15, 0.2) is 40.1 Å². The van der Waals surface area contributed by atoms with Crippen molar-refractivity contribution in [1.29, 1.82) is 0 Å². The molecule has 0 aliphatic carbocycles. The average molecular weight is 316 g/mol. The summed E-state index contributed by atoms with van der Waals surface area (Å²) in [5, 5.41) is 12.1. The third-order valence-corrected chi connectivity index (χ3v) is 3.71. The molecule has 8 heteroatoms. The van der Waals surface area contributed by atoms with Crippen molar-refractivity contribution < 1.29 is 13.9 Å². The fraction of sp³-hybridized carbons (Fsp3) is 0.0714. The van der Waals surface area contributed by atoms with Gasteiger partial charge in [0.15, 0.2) is 0 Å². The van der Waals surface area contributed by atoms with Crippen LogP contribution in [0.25, 0.3) is 10.8 Å². The highest BCUT2D eigenvalue weighted by Gasteiger charge is 2.16. The van der Waals surface area contributed by atoms with E-state index in [1.165, 1.54) is 18.4 Å². The minimum atomic E-state index is -0.418. The number of methoxy groups -OCH3 is 1. The van der Waals surface area contributed by atoms with Gasteiger partial charge in [-0.1, -0.05) is 11.2 Å². The number of carbonyl (C=O) groups is 1. The third kappa shape index (κ3) is 2.77. The Balaban J connectivity index is 1.80. The van der Waals surface area contributed by atoms with E-state index in [-0.39, 0.29) is 6.01 Å². The van der Waals surface area contributed by atoms with E-state index in [1.54, 1.807) is 18.2 Å². The van der Waals surface area contributed by atoms with Gasteiger partial charge in [-0.15, -0.1) is 16.4 Å². The second kappa shape index (κ2) is 5.86. The third-order valence-electron chi connectivity index (χ3n) is 2.85. The Hall–Kier alpha value is -2.87. The molecule has 0 saturated heterocycles. The summed E-state index contributed by atoms with van der Waals surface area (Å²) >= 11 is 1.47. The van der Waals surface area contributed by atoms with Crippen LogP contribution in [0.2, 0.25) is 0 Å². The Morgan fingerprint density at radius 2 is 2.23 bits per heavy atom. The van der Waals surface area contributed by atoms with Crippen molar-refractivity contribution in [2.24, 2.45) is 0 Å². The molecule has 0 fully saturated rings. The molecule has 1 amide bonds. The van der Waals surface area contributed by atoms with Crippen molar-refractivity contribution in [1.82, 2.24) is 10.2 Å². The van der Waals surface area contributed by atoms with E-state index in [0.717, 1.165) is 4.88 Å². The highest BCUT2D eigenvalue weighted by Crippen LogP contribution is 2.26. The zero-order chi connectivity index (χ0) is 15.5. The summed E-state index contributed by atoms with van der Waals surface area (Å²) in [7, 11) is 1.47. The van der Waals surface area contributed by atoms with Crippen LogP contribution < -0.4 is 15.8 Å². The lowest BCUT2D eigenvalue weighted by Gasteiger charge is -2.07. The van der Waals surface area contributed by atoms with Crippen molar-refractivity contribution in [3.8, 4) is 16.5 Å². The number of benzene rings is 1. The summed E-state index contributed by atoms with van der Waals surface area (Å²) in [6.07, 6.45) is 0. The van der Waals surface area contributed by atoms with Crippen LogP contribution in [0.1, 0.15) is 10.4 Å². The monoisotopic (exact) mass is 316 g/mol. The summed E-state index contributed by atoms with van der Waals surface area (Å²) in [5.74, 6) is 0.309. The predicted octanol–water partition coefficient (Wildman–Crippen LogP) is 2.64. The van der Waals surface area contributed by atoms with Crippen LogP contribution >= 0.6 is 11.3 Å². The summed E-state index contributed by atoms with van der Waals surface area (Å²) in [6.45, 7) is 0. The number of nitrogens with two attached hydrogens (primary N) is 1. The molecule has 7 nitrogen and oxygen atoms in total. The zero-order valence-electron chi connectivity index (χ0n) is 11.6. The first-order valence-corrected chi connectivity index (χ1v) is 7.17. The number of aromatic nitrogens is 2. The number of rotatable bonds is 4. The Morgan fingerprint density at radius 3 is 2.95 bits per heavy atom. The molecule has 0 radical (unpaired) electrons. The maximum atomic E-state index is 12.2. The molecule has 3 aromatic rings. The molecule has 112 valence electrons. The fourth-order valence-corrected chi connectivity index (χ4v) is 2.48. The number of anilines is 2. The molecule has 0 bridgehead atoms. The molecule has 2 aromatic heterocycles. The van der Waals surface area contributed by atoms with E-state index < -0.39 is 5.91 Å². The van der Waals surface area contributed by atoms with Crippen molar-refractivity contribution in [2.45, 2.75) is 0 Å². The minimum absolute atomic E-state index is 0.0206. The molecule has 1 aromatic carbocycles. The van der Waals surface area contributed by atoms with Crippen molar-refractivity contribution >= 4 is 28.9 Å². The van der Waals surface area contributed by atoms with Gasteiger partial charge in [0.1, 0.15) is 5.75 Å². The quantitative estimate of drug-likeness (QED) is 0.717. The molecular weight excluding hydrogens is 304 g/mol. The van der Waals surface area contributed by atoms with Gasteiger partial charge >= 0.3 is 6.01 Å². The normalized spacial score (nSPS) is 10.4. The van der Waals surface area contributed by atoms with E-state index in [4.69, 9.17) is 14.9 Å². The Morgan fingerprint density at radius 1 is 1.36 bits per heavy atom. The van der Waals surface area contributed by atoms with Gasteiger partial charge in [-0.3, -0.25) is 10.1 Å². The lowest BCUT2D eigenvalue weighted by molar-refractivity contribution is 0.102. The van der Waals surface area contributed by atoms with Crippen molar-refractivity contribution in [3.05, 3.63) is 41.3 Å². The van der Waals surface area contributed by atoms with E-state index in [0.29, 0.717) is 22.9 Å². The molecule has 0 spiro atoms. The van der Waals surface area contributed by atoms with E-state index >= 15 is 0 Å². The summed E-state index contributed by atoms with van der Waals surface area (Å²) in [4.78, 5) is 13.1. The topological polar surface area (TPSA) is 103 Å². The van der Waals surface area contributed by atoms with Gasteiger partial charge in [0.25, 0.3) is 11.8 Å². The first-order valence-electron chi connectivity index (χ1n) is 6.29. The number of carbonyl (C=O) groups excluding carboxylic acids is 1. The zero-order valence-corrected chi connectivity index (χ0v) is 12.4. The lowest BCUT2D eigenvalue weighted by Crippen LogP contribution is -2.13. The Kier molecular flexibility index (Phi) is 3.75. The fourth-order valence-electron chi connectivity index (χ4n) is 1.83. The maximum absolute atomic E-state index is 12.2. The van der Waals surface area contributed by atoms with Gasteiger partial charge in [0.05, 0.1) is 17.6 Å². The molecule has 0 aliphatic heterocycles. The second-order valence-corrected chi connectivity index (χ2v) is 5.25. The first kappa shape index (κ1) is 14.1. The number of hydrogen-bond acceptors (Lipinski definition) is 7. The molecule has 3 rings (SSSR count). The van der Waals surface area contributed by atoms with Gasteiger partial charge in [-0.05, 0) is 23.6 Å². The molecule has 0 aliphatic rings. The number of thiophene rings is 1. The molecule has 0 unspecified atom stereocenters. The number of ether oxygens (including phenoxy) is 1. The van der Waals surface area contributed by atoms with Crippen LogP contribution in [0.4, 0.5) is 11.7 Å². The van der Waals surface area contributed by atoms with Crippen LogP contribution in [-0.4, -0.2) is 23.2 Å². The van der Waals surface area contributed by atoms with Gasteiger partial charge in [-0.25, -0.2) is 0 Å². The van der Waals surface area contributed by atoms with E-state index in [9.17, 15) is 4.79 Å².